The van der Waals surface area contributed by atoms with Crippen LogP contribution >= 0.6 is 0 Å². The van der Waals surface area contributed by atoms with Gasteiger partial charge in [0.05, 0.1) is 17.6 Å². The van der Waals surface area contributed by atoms with Gasteiger partial charge in [0, 0.05) is 51.7 Å². The summed E-state index contributed by atoms with van der Waals surface area (Å²) in [7, 11) is -3.27. The van der Waals surface area contributed by atoms with Crippen LogP contribution in [-0.4, -0.2) is 65.6 Å². The molecule has 1 saturated heterocycles. The summed E-state index contributed by atoms with van der Waals surface area (Å²) in [5, 5.41) is 3.22. The summed E-state index contributed by atoms with van der Waals surface area (Å²) in [6.45, 7) is 3.28. The fraction of sp³-hybridized carbons (Fsp3) is 0.368. The molecule has 8 nitrogen and oxygen atoms in total. The Morgan fingerprint density at radius 2 is 1.82 bits per heavy atom. The molecule has 1 aliphatic rings. The van der Waals surface area contributed by atoms with Gasteiger partial charge in [0.15, 0.2) is 0 Å². The maximum atomic E-state index is 12.6. The summed E-state index contributed by atoms with van der Waals surface area (Å²) in [5.74, 6) is 0.988. The zero-order valence-electron chi connectivity index (χ0n) is 15.6. The first-order valence-electron chi connectivity index (χ1n) is 9.39. The van der Waals surface area contributed by atoms with E-state index in [-0.39, 0.29) is 5.75 Å². The number of sulfonamides is 1. The molecule has 0 bridgehead atoms. The van der Waals surface area contributed by atoms with Crippen molar-refractivity contribution in [2.75, 3.05) is 43.4 Å². The highest BCUT2D eigenvalue weighted by Gasteiger charge is 2.26. The van der Waals surface area contributed by atoms with E-state index < -0.39 is 10.0 Å². The van der Waals surface area contributed by atoms with Crippen LogP contribution in [0.25, 0.3) is 5.65 Å². The fourth-order valence-corrected chi connectivity index (χ4v) is 4.78. The van der Waals surface area contributed by atoms with Gasteiger partial charge in [0.25, 0.3) is 0 Å². The molecule has 0 aliphatic carbocycles. The van der Waals surface area contributed by atoms with E-state index in [1.807, 2.05) is 53.2 Å². The van der Waals surface area contributed by atoms with Crippen molar-refractivity contribution < 1.29 is 8.42 Å². The lowest BCUT2D eigenvalue weighted by molar-refractivity contribution is 0.383. The molecule has 0 saturated carbocycles. The largest absolute Gasteiger partial charge is 0.354 e. The minimum atomic E-state index is -3.27. The van der Waals surface area contributed by atoms with Gasteiger partial charge in [-0.25, -0.2) is 18.4 Å². The molecule has 0 spiro atoms. The van der Waals surface area contributed by atoms with E-state index in [1.165, 1.54) is 0 Å². The molecule has 4 heterocycles. The van der Waals surface area contributed by atoms with Gasteiger partial charge in [-0.1, -0.05) is 12.1 Å². The number of aromatic nitrogens is 3. The first-order valence-corrected chi connectivity index (χ1v) is 11.0. The van der Waals surface area contributed by atoms with Crippen LogP contribution in [0.15, 0.2) is 55.0 Å². The van der Waals surface area contributed by atoms with Gasteiger partial charge >= 0.3 is 0 Å². The minimum Gasteiger partial charge on any atom is -0.354 e. The second kappa shape index (κ2) is 8.26. The van der Waals surface area contributed by atoms with Crippen LogP contribution in [-0.2, 0) is 16.6 Å². The predicted molar refractivity (Wildman–Crippen MR) is 109 cm³/mol. The quantitative estimate of drug-likeness (QED) is 0.595. The molecule has 1 N–H and O–H groups in total. The Bertz CT molecular complexity index is 1010. The highest BCUT2D eigenvalue weighted by molar-refractivity contribution is 7.89. The summed E-state index contributed by atoms with van der Waals surface area (Å²) >= 11 is 0. The van der Waals surface area contributed by atoms with Crippen molar-refractivity contribution in [1.82, 2.24) is 24.0 Å². The van der Waals surface area contributed by atoms with Gasteiger partial charge in [-0.2, -0.15) is 4.31 Å². The van der Waals surface area contributed by atoms with E-state index >= 15 is 0 Å². The standard InChI is InChI=1S/C19H24N6O2S/c26-28(27,24-12-10-23(11-13-24)18-5-1-3-7-21-18)14-8-20-15-17-16-22-19-6-2-4-9-25(17)19/h1-7,9,16,20H,8,10-15H2. The van der Waals surface area contributed by atoms with E-state index in [4.69, 9.17) is 0 Å². The lowest BCUT2D eigenvalue weighted by Crippen LogP contribution is -2.50. The number of pyridine rings is 2. The van der Waals surface area contributed by atoms with Crippen molar-refractivity contribution in [2.24, 2.45) is 0 Å². The number of hydrogen-bond donors (Lipinski definition) is 1. The second-order valence-corrected chi connectivity index (χ2v) is 8.83. The molecule has 1 fully saturated rings. The molecule has 0 aromatic carbocycles. The summed E-state index contributed by atoms with van der Waals surface area (Å²) in [6.07, 6.45) is 5.53. The smallest absolute Gasteiger partial charge is 0.215 e. The van der Waals surface area contributed by atoms with E-state index in [9.17, 15) is 8.42 Å². The van der Waals surface area contributed by atoms with Crippen LogP contribution in [0.5, 0.6) is 0 Å². The zero-order valence-corrected chi connectivity index (χ0v) is 16.4. The molecule has 3 aromatic rings. The number of hydrogen-bond acceptors (Lipinski definition) is 6. The first kappa shape index (κ1) is 18.9. The van der Waals surface area contributed by atoms with Crippen LogP contribution in [0.2, 0.25) is 0 Å². The normalized spacial score (nSPS) is 15.9. The van der Waals surface area contributed by atoms with Crippen molar-refractivity contribution in [1.29, 1.82) is 0 Å². The number of anilines is 1. The van der Waals surface area contributed by atoms with Crippen LogP contribution in [0.3, 0.4) is 0 Å². The van der Waals surface area contributed by atoms with Crippen molar-refractivity contribution in [3.05, 3.63) is 60.7 Å². The van der Waals surface area contributed by atoms with Gasteiger partial charge in [-0.05, 0) is 24.3 Å². The van der Waals surface area contributed by atoms with Crippen LogP contribution in [0.1, 0.15) is 5.69 Å². The van der Waals surface area contributed by atoms with Gasteiger partial charge in [0.1, 0.15) is 11.5 Å². The number of nitrogens with one attached hydrogen (secondary N) is 1. The van der Waals surface area contributed by atoms with Crippen molar-refractivity contribution in [3.63, 3.8) is 0 Å². The Labute approximate surface area is 164 Å². The maximum absolute atomic E-state index is 12.6. The lowest BCUT2D eigenvalue weighted by atomic mass is 10.3. The van der Waals surface area contributed by atoms with Crippen LogP contribution in [0, 0.1) is 0 Å². The Kier molecular flexibility index (Phi) is 5.56. The molecule has 0 unspecified atom stereocenters. The predicted octanol–water partition coefficient (Wildman–Crippen LogP) is 0.971. The van der Waals surface area contributed by atoms with Gasteiger partial charge in [-0.15, -0.1) is 0 Å². The molecular weight excluding hydrogens is 376 g/mol. The van der Waals surface area contributed by atoms with Crippen molar-refractivity contribution >= 4 is 21.5 Å². The lowest BCUT2D eigenvalue weighted by Gasteiger charge is -2.34. The molecule has 0 radical (unpaired) electrons. The summed E-state index contributed by atoms with van der Waals surface area (Å²) in [5.41, 5.74) is 1.90. The van der Waals surface area contributed by atoms with E-state index in [2.05, 4.69) is 20.2 Å². The molecule has 28 heavy (non-hydrogen) atoms. The molecule has 148 valence electrons. The molecule has 0 atom stereocenters. The van der Waals surface area contributed by atoms with Gasteiger partial charge < -0.3 is 14.6 Å². The van der Waals surface area contributed by atoms with E-state index in [0.29, 0.717) is 39.3 Å². The Hall–Kier alpha value is -2.49. The number of fused-ring (bicyclic) bond motifs is 1. The average Bonchev–Trinajstić information content (AvgIpc) is 3.15. The van der Waals surface area contributed by atoms with Gasteiger partial charge in [0.2, 0.25) is 10.0 Å². The third-order valence-corrected chi connectivity index (χ3v) is 6.81. The maximum Gasteiger partial charge on any atom is 0.215 e. The molecule has 4 rings (SSSR count). The third-order valence-electron chi connectivity index (χ3n) is 4.94. The van der Waals surface area contributed by atoms with E-state index in [0.717, 1.165) is 17.2 Å². The Balaban J connectivity index is 1.26. The molecular formula is C19H24N6O2S. The van der Waals surface area contributed by atoms with Crippen molar-refractivity contribution in [3.8, 4) is 0 Å². The fourth-order valence-electron chi connectivity index (χ4n) is 3.40. The van der Waals surface area contributed by atoms with E-state index in [1.54, 1.807) is 10.5 Å². The number of nitrogens with zero attached hydrogens (tertiary/aromatic N) is 5. The molecule has 0 amide bonds. The summed E-state index contributed by atoms with van der Waals surface area (Å²) in [6, 6.07) is 11.6. The zero-order chi connectivity index (χ0) is 19.4. The Morgan fingerprint density at radius 3 is 2.61 bits per heavy atom. The molecule has 9 heteroatoms. The Morgan fingerprint density at radius 1 is 1.00 bits per heavy atom. The van der Waals surface area contributed by atoms with Crippen molar-refractivity contribution in [2.45, 2.75) is 6.54 Å². The molecule has 1 aliphatic heterocycles. The van der Waals surface area contributed by atoms with Gasteiger partial charge in [-0.3, -0.25) is 0 Å². The highest BCUT2D eigenvalue weighted by Crippen LogP contribution is 2.14. The number of rotatable bonds is 7. The SMILES string of the molecule is O=S(=O)(CCNCc1cnc2ccccn12)N1CCN(c2ccccn2)CC1. The van der Waals surface area contributed by atoms with Crippen LogP contribution in [0.4, 0.5) is 5.82 Å². The monoisotopic (exact) mass is 400 g/mol. The molecule has 3 aromatic heterocycles. The second-order valence-electron chi connectivity index (χ2n) is 6.75. The average molecular weight is 401 g/mol. The first-order chi connectivity index (χ1) is 13.6. The number of imidazole rings is 1. The number of piperazine rings is 1. The highest BCUT2D eigenvalue weighted by atomic mass is 32.2. The summed E-state index contributed by atoms with van der Waals surface area (Å²) in [4.78, 5) is 10.8. The minimum absolute atomic E-state index is 0.0906. The van der Waals surface area contributed by atoms with Crippen LogP contribution < -0.4 is 10.2 Å². The summed E-state index contributed by atoms with van der Waals surface area (Å²) < 4.78 is 28.9. The third kappa shape index (κ3) is 4.16. The topological polar surface area (TPSA) is 82.8 Å².